The van der Waals surface area contributed by atoms with Crippen molar-refractivity contribution in [3.63, 3.8) is 0 Å². The molecule has 245 valence electrons. The van der Waals surface area contributed by atoms with E-state index in [2.05, 4.69) is 145 Å². The van der Waals surface area contributed by atoms with E-state index in [1.54, 1.807) is 0 Å². The summed E-state index contributed by atoms with van der Waals surface area (Å²) in [5.41, 5.74) is 0. The van der Waals surface area contributed by atoms with Crippen LogP contribution in [0.1, 0.15) is 203 Å². The van der Waals surface area contributed by atoms with Crippen molar-refractivity contribution in [3.05, 3.63) is 38.5 Å². The van der Waals surface area contributed by atoms with Crippen molar-refractivity contribution in [3.8, 4) is 0 Å². The van der Waals surface area contributed by atoms with Gasteiger partial charge in [0.05, 0.1) is 0 Å². The first kappa shape index (κ1) is 84.0. The van der Waals surface area contributed by atoms with Crippen LogP contribution < -0.4 is 0 Å². The molecule has 0 aromatic heterocycles. The maximum atomic E-state index is 3.60. The predicted molar refractivity (Wildman–Crippen MR) is 185 cm³/mol. The smallest absolute Gasteiger partial charge is 0 e. The van der Waals surface area contributed by atoms with Crippen LogP contribution in [0.2, 0.25) is 0 Å². The van der Waals surface area contributed by atoms with Crippen molar-refractivity contribution < 1.29 is 98.1 Å². The number of hydrogen-bond acceptors (Lipinski definition) is 0. The summed E-state index contributed by atoms with van der Waals surface area (Å²) >= 11 is 0. The summed E-state index contributed by atoms with van der Waals surface area (Å²) in [5, 5.41) is 0. The molecule has 0 N–H and O–H groups in total. The molecule has 0 aliphatic heterocycles. The van der Waals surface area contributed by atoms with E-state index in [0.29, 0.717) is 0 Å². The molecule has 0 heterocycles. The van der Waals surface area contributed by atoms with Crippen molar-refractivity contribution in [2.24, 2.45) is 0 Å². The Balaban J connectivity index is -0.0000000174. The van der Waals surface area contributed by atoms with Gasteiger partial charge >= 0.3 is 0 Å². The fourth-order valence-corrected chi connectivity index (χ4v) is 0. The Kier molecular flexibility index (Phi) is 291. The topological polar surface area (TPSA) is 0 Å². The van der Waals surface area contributed by atoms with E-state index in [1.165, 1.54) is 62.7 Å². The molecule has 0 rings (SSSR count). The van der Waals surface area contributed by atoms with Gasteiger partial charge in [0.25, 0.3) is 0 Å². The molecule has 39 heavy (non-hydrogen) atoms. The van der Waals surface area contributed by atoms with Gasteiger partial charge in [-0.15, -0.1) is 0 Å². The van der Waals surface area contributed by atoms with Gasteiger partial charge in [-0.1, -0.05) is 121 Å². The number of rotatable bonds is 4. The SMILES string of the molecule is CC.CCC.CCC.CCCC.C[C-](C)C.C[C-](C)C.C[C-](C)C.[CH2-]CCC.[CH2-]CCC.[CH2-]CCC.[Y].[Y].[Y]. The normalized spacial score (nSPS) is 6.92. The molecule has 0 nitrogen and oxygen atoms in total. The predicted octanol–water partition coefficient (Wildman–Crippen LogP) is 15.4. The van der Waals surface area contributed by atoms with Crippen LogP contribution in [0, 0.1) is 38.5 Å². The van der Waals surface area contributed by atoms with Gasteiger partial charge in [0.1, 0.15) is 0 Å². The molecule has 0 aromatic carbocycles. The summed E-state index contributed by atoms with van der Waals surface area (Å²) < 4.78 is 0. The summed E-state index contributed by atoms with van der Waals surface area (Å²) in [6, 6.07) is 0. The van der Waals surface area contributed by atoms with E-state index >= 15 is 0 Å². The Bertz CT molecular complexity index is 122. The summed E-state index contributed by atoms with van der Waals surface area (Å²) in [6.45, 7) is 52.8. The molecule has 3 heteroatoms. The van der Waals surface area contributed by atoms with E-state index in [0.717, 1.165) is 19.3 Å². The molecule has 0 spiro atoms. The van der Waals surface area contributed by atoms with Gasteiger partial charge in [-0.25, -0.2) is 0 Å². The largest absolute Gasteiger partial charge is 0.343 e. The first-order chi connectivity index (χ1) is 16.7. The third-order valence-corrected chi connectivity index (χ3v) is 1.56. The quantitative estimate of drug-likeness (QED) is 0.249. The second-order valence-electron chi connectivity index (χ2n) is 9.47. The third-order valence-electron chi connectivity index (χ3n) is 1.56. The zero-order chi connectivity index (χ0) is 31.8. The van der Waals surface area contributed by atoms with Crippen LogP contribution in [0.4, 0.5) is 0 Å². The first-order valence-electron chi connectivity index (χ1n) is 15.4. The molecule has 0 amide bonds. The van der Waals surface area contributed by atoms with Crippen LogP contribution in [-0.2, 0) is 98.1 Å². The van der Waals surface area contributed by atoms with Crippen LogP contribution in [0.5, 0.6) is 0 Å². The van der Waals surface area contributed by atoms with Gasteiger partial charge < -0.3 is 38.5 Å². The molecule has 3 radical (unpaired) electrons. The van der Waals surface area contributed by atoms with E-state index in [4.69, 9.17) is 0 Å². The Morgan fingerprint density at radius 1 is 0.333 bits per heavy atom. The van der Waals surface area contributed by atoms with Crippen LogP contribution in [0.3, 0.4) is 0 Å². The van der Waals surface area contributed by atoms with E-state index in [1.807, 2.05) is 13.8 Å². The van der Waals surface area contributed by atoms with E-state index < -0.39 is 0 Å². The number of unbranched alkanes of at least 4 members (excludes halogenated alkanes) is 4. The maximum absolute atomic E-state index is 3.60. The van der Waals surface area contributed by atoms with Crippen LogP contribution in [0.25, 0.3) is 0 Å². The summed E-state index contributed by atoms with van der Waals surface area (Å²) in [6.07, 6.45) is 12.0. The van der Waals surface area contributed by atoms with Gasteiger partial charge in [-0.2, -0.15) is 81.6 Å². The van der Waals surface area contributed by atoms with E-state index in [9.17, 15) is 0 Å². The average Bonchev–Trinajstić information content (AvgIpc) is 2.80. The van der Waals surface area contributed by atoms with Crippen LogP contribution >= 0.6 is 0 Å². The molecule has 0 aliphatic rings. The Morgan fingerprint density at radius 3 is 0.385 bits per heavy atom. The molecule has 0 aromatic rings. The summed E-state index contributed by atoms with van der Waals surface area (Å²) in [7, 11) is 0. The molecule has 0 bridgehead atoms. The second-order valence-corrected chi connectivity index (χ2v) is 9.47. The zero-order valence-corrected chi connectivity index (χ0v) is 40.9. The fourth-order valence-electron chi connectivity index (χ4n) is 0. The van der Waals surface area contributed by atoms with Gasteiger partial charge in [-0.3, -0.25) is 0 Å². The van der Waals surface area contributed by atoms with Crippen LogP contribution in [-0.4, -0.2) is 0 Å². The summed E-state index contributed by atoms with van der Waals surface area (Å²) in [4.78, 5) is 0. The van der Waals surface area contributed by atoms with Crippen molar-refractivity contribution in [1.29, 1.82) is 0 Å². The molecule has 0 saturated heterocycles. The number of hydrogen-bond donors (Lipinski definition) is 0. The minimum atomic E-state index is 0. The minimum Gasteiger partial charge on any atom is -0.343 e. The Labute approximate surface area is 335 Å². The van der Waals surface area contributed by atoms with Gasteiger partial charge in [0, 0.05) is 98.1 Å². The van der Waals surface area contributed by atoms with E-state index in [-0.39, 0.29) is 98.1 Å². The third kappa shape index (κ3) is 1190. The molecule has 0 fully saturated rings. The van der Waals surface area contributed by atoms with Crippen LogP contribution in [0.15, 0.2) is 0 Å². The molecule has 0 unspecified atom stereocenters. The van der Waals surface area contributed by atoms with Crippen molar-refractivity contribution in [1.82, 2.24) is 0 Å². The van der Waals surface area contributed by atoms with Crippen molar-refractivity contribution in [2.45, 2.75) is 203 Å². The van der Waals surface area contributed by atoms with Crippen molar-refractivity contribution >= 4 is 0 Å². The minimum absolute atomic E-state index is 0. The average molecular weight is 786 g/mol. The molecular formula is C36H86Y3-6. The van der Waals surface area contributed by atoms with Crippen molar-refractivity contribution in [2.75, 3.05) is 0 Å². The molecule has 0 saturated carbocycles. The standard InChI is InChI=1S/3C4H9.C4H10.3C4H9.2C3H8.C2H6.3Y/c3*1-4(2)3;4*1-3-4-2;2*1-3-2;1-2;;;/h3*1-3H3;3-4H2,1-2H3;3*1,3-4H2,2H3;2*3H2,1-2H3;1-2H3;;;/q3*-1;;3*-1;;;;;;. The van der Waals surface area contributed by atoms with Gasteiger partial charge in [0.2, 0.25) is 0 Å². The van der Waals surface area contributed by atoms with Gasteiger partial charge in [-0.05, 0) is 0 Å². The Hall–Kier alpha value is 3.31. The molecule has 0 aliphatic carbocycles. The second kappa shape index (κ2) is 135. The zero-order valence-electron chi connectivity index (χ0n) is 32.4. The molecular weight excluding hydrogens is 699 g/mol. The molecule has 0 atom stereocenters. The summed E-state index contributed by atoms with van der Waals surface area (Å²) in [5.74, 6) is 4.25. The monoisotopic (exact) mass is 785 g/mol. The van der Waals surface area contributed by atoms with Gasteiger partial charge in [0.15, 0.2) is 0 Å². The first-order valence-corrected chi connectivity index (χ1v) is 15.4. The fraction of sp³-hybridized carbons (Fsp3) is 0.833. The maximum Gasteiger partial charge on any atom is 0 e. The Morgan fingerprint density at radius 2 is 0.385 bits per heavy atom.